The van der Waals surface area contributed by atoms with Crippen molar-refractivity contribution in [1.29, 1.82) is 5.26 Å². The van der Waals surface area contributed by atoms with Crippen LogP contribution >= 0.6 is 11.3 Å². The lowest BCUT2D eigenvalue weighted by Gasteiger charge is -2.25. The van der Waals surface area contributed by atoms with E-state index in [9.17, 15) is 18.0 Å². The fourth-order valence-electron chi connectivity index (χ4n) is 4.23. The van der Waals surface area contributed by atoms with Crippen LogP contribution in [0.15, 0.2) is 96.3 Å². The number of imidazole rings is 1. The van der Waals surface area contributed by atoms with Gasteiger partial charge in [-0.2, -0.15) is 5.26 Å². The number of carbonyl (C=O) groups excluding carboxylic acids is 1. The molecule has 2 N–H and O–H groups in total. The molecule has 2 aromatic heterocycles. The maximum absolute atomic E-state index is 13.9. The number of nitrogens with one attached hydrogen (secondary N) is 1. The van der Waals surface area contributed by atoms with E-state index in [1.807, 2.05) is 16.7 Å². The number of thiophene rings is 1. The van der Waals surface area contributed by atoms with Gasteiger partial charge >= 0.3 is 5.97 Å². The van der Waals surface area contributed by atoms with E-state index in [0.29, 0.717) is 33.8 Å². The summed E-state index contributed by atoms with van der Waals surface area (Å²) in [4.78, 5) is 27.9. The molecule has 3 aromatic carbocycles. The van der Waals surface area contributed by atoms with Crippen molar-refractivity contribution in [2.45, 2.75) is 18.0 Å². The first-order chi connectivity index (χ1) is 19.7. The average molecular weight is 586 g/mol. The zero-order valence-corrected chi connectivity index (χ0v) is 23.1. The van der Waals surface area contributed by atoms with Crippen LogP contribution in [0.5, 0.6) is 0 Å². The first kappa shape index (κ1) is 27.6. The Bertz CT molecular complexity index is 1870. The highest BCUT2D eigenvalue weighted by atomic mass is 32.2. The molecular formula is C29H23N5O5S2. The van der Waals surface area contributed by atoms with Gasteiger partial charge in [-0.25, -0.2) is 13.4 Å². The number of sulfonamides is 1. The van der Waals surface area contributed by atoms with Gasteiger partial charge in [0.15, 0.2) is 0 Å². The van der Waals surface area contributed by atoms with E-state index >= 15 is 0 Å². The Balaban J connectivity index is 1.51. The number of carboxylic acids is 1. The van der Waals surface area contributed by atoms with Gasteiger partial charge in [0.05, 0.1) is 45.7 Å². The van der Waals surface area contributed by atoms with Gasteiger partial charge in [-0.05, 0) is 59.5 Å². The molecular weight excluding hydrogens is 562 g/mol. The van der Waals surface area contributed by atoms with Crippen LogP contribution in [0.1, 0.15) is 26.5 Å². The normalized spacial score (nSPS) is 11.2. The third-order valence-corrected chi connectivity index (χ3v) is 9.19. The molecule has 10 nitrogen and oxygen atoms in total. The summed E-state index contributed by atoms with van der Waals surface area (Å²) in [7, 11) is -4.01. The van der Waals surface area contributed by atoms with E-state index < -0.39 is 28.4 Å². The molecule has 0 aliphatic rings. The Morgan fingerprint density at radius 1 is 1.05 bits per heavy atom. The lowest BCUT2D eigenvalue weighted by Crippen LogP contribution is -2.31. The smallest absolute Gasteiger partial charge is 0.322 e. The molecule has 12 heteroatoms. The monoisotopic (exact) mass is 585 g/mol. The molecule has 5 aromatic rings. The maximum Gasteiger partial charge on any atom is 0.322 e. The van der Waals surface area contributed by atoms with Crippen LogP contribution in [0.4, 0.5) is 5.69 Å². The molecule has 0 atom stereocenters. The van der Waals surface area contributed by atoms with E-state index in [4.69, 9.17) is 10.4 Å². The van der Waals surface area contributed by atoms with Crippen molar-refractivity contribution < 1.29 is 23.1 Å². The number of amides is 1. The fraction of sp³-hybridized carbons (Fsp3) is 0.103. The second-order valence-corrected chi connectivity index (χ2v) is 12.0. The molecule has 0 fully saturated rings. The summed E-state index contributed by atoms with van der Waals surface area (Å²) in [6.07, 6.45) is 3.25. The summed E-state index contributed by atoms with van der Waals surface area (Å²) < 4.78 is 31.8. The van der Waals surface area contributed by atoms with Crippen LogP contribution in [0.3, 0.4) is 0 Å². The lowest BCUT2D eigenvalue weighted by molar-refractivity contribution is -0.135. The lowest BCUT2D eigenvalue weighted by atomic mass is 10.1. The standard InChI is InChI=1S/C29H23N5O5S2/c30-14-20-6-8-21(9-7-20)17-33-19-31-15-24(33)18-34(41(38,39)25-4-2-1-3-5-25)23-10-11-26-22(12-23)13-27(40-26)29(37)32-16-28(35)36/h1-13,15,19H,16-18H2,(H,32,37)(H,35,36). The van der Waals surface area contributed by atoms with Crippen molar-refractivity contribution in [2.24, 2.45) is 0 Å². The topological polar surface area (TPSA) is 145 Å². The molecule has 0 aliphatic carbocycles. The number of aromatic nitrogens is 2. The van der Waals surface area contributed by atoms with Crippen molar-refractivity contribution >= 4 is 49.0 Å². The first-order valence-electron chi connectivity index (χ1n) is 12.3. The van der Waals surface area contributed by atoms with E-state index in [1.54, 1.807) is 67.1 Å². The number of nitriles is 1. The molecule has 0 radical (unpaired) electrons. The molecule has 0 aliphatic heterocycles. The molecule has 2 heterocycles. The number of carboxylic acid groups (broad SMARTS) is 1. The van der Waals surface area contributed by atoms with E-state index in [2.05, 4.69) is 16.4 Å². The average Bonchev–Trinajstić information content (AvgIpc) is 3.61. The summed E-state index contributed by atoms with van der Waals surface area (Å²) >= 11 is 1.19. The van der Waals surface area contributed by atoms with Crippen molar-refractivity contribution in [2.75, 3.05) is 10.8 Å². The third-order valence-electron chi connectivity index (χ3n) is 6.28. The van der Waals surface area contributed by atoms with Crippen molar-refractivity contribution in [1.82, 2.24) is 14.9 Å². The van der Waals surface area contributed by atoms with Gasteiger partial charge in [-0.1, -0.05) is 30.3 Å². The second-order valence-electron chi connectivity index (χ2n) is 9.06. The third kappa shape index (κ3) is 6.11. The zero-order valence-electron chi connectivity index (χ0n) is 21.5. The number of anilines is 1. The second kappa shape index (κ2) is 11.6. The van der Waals surface area contributed by atoms with Crippen LogP contribution in [-0.2, 0) is 27.9 Å². The Kier molecular flexibility index (Phi) is 7.82. The minimum absolute atomic E-state index is 0.0187. The number of nitrogens with zero attached hydrogens (tertiary/aromatic N) is 4. The Morgan fingerprint density at radius 2 is 1.80 bits per heavy atom. The van der Waals surface area contributed by atoms with E-state index in [-0.39, 0.29) is 11.4 Å². The summed E-state index contributed by atoms with van der Waals surface area (Å²) in [5.41, 5.74) is 2.51. The largest absolute Gasteiger partial charge is 0.480 e. The number of aliphatic carboxylic acids is 1. The maximum atomic E-state index is 13.9. The SMILES string of the molecule is N#Cc1ccc(Cn2cncc2CN(c2ccc3sc(C(=O)NCC(=O)O)cc3c2)S(=O)(=O)c2ccccc2)cc1. The van der Waals surface area contributed by atoms with Gasteiger partial charge in [0, 0.05) is 17.4 Å². The Morgan fingerprint density at radius 3 is 2.51 bits per heavy atom. The summed E-state index contributed by atoms with van der Waals surface area (Å²) in [6, 6.07) is 24.1. The molecule has 0 saturated heterocycles. The number of carbonyl (C=O) groups is 2. The number of rotatable bonds is 10. The van der Waals surface area contributed by atoms with Crippen molar-refractivity contribution in [3.63, 3.8) is 0 Å². The minimum Gasteiger partial charge on any atom is -0.480 e. The van der Waals surface area contributed by atoms with Crippen LogP contribution in [0, 0.1) is 11.3 Å². The highest BCUT2D eigenvalue weighted by Crippen LogP contribution is 2.33. The molecule has 0 bridgehead atoms. The predicted octanol–water partition coefficient (Wildman–Crippen LogP) is 4.23. The van der Waals surface area contributed by atoms with Gasteiger partial charge in [-0.3, -0.25) is 13.9 Å². The van der Waals surface area contributed by atoms with E-state index in [1.165, 1.54) is 27.8 Å². The molecule has 0 unspecified atom stereocenters. The van der Waals surface area contributed by atoms with Gasteiger partial charge in [0.2, 0.25) is 0 Å². The quantitative estimate of drug-likeness (QED) is 0.249. The molecule has 1 amide bonds. The highest BCUT2D eigenvalue weighted by molar-refractivity contribution is 7.92. The van der Waals surface area contributed by atoms with E-state index in [0.717, 1.165) is 10.3 Å². The molecule has 0 spiro atoms. The first-order valence-corrected chi connectivity index (χ1v) is 14.6. The molecule has 206 valence electrons. The zero-order chi connectivity index (χ0) is 29.0. The van der Waals surface area contributed by atoms with Gasteiger partial charge in [0.25, 0.3) is 15.9 Å². The predicted molar refractivity (Wildman–Crippen MR) is 154 cm³/mol. The summed E-state index contributed by atoms with van der Waals surface area (Å²) in [5.74, 6) is -1.67. The molecule has 5 rings (SSSR count). The number of fused-ring (bicyclic) bond motifs is 1. The molecule has 0 saturated carbocycles. The Hall–Kier alpha value is -4.99. The van der Waals surface area contributed by atoms with Crippen LogP contribution in [0.2, 0.25) is 0 Å². The Labute approximate surface area is 239 Å². The van der Waals surface area contributed by atoms with Crippen LogP contribution in [0.25, 0.3) is 10.1 Å². The van der Waals surface area contributed by atoms with Gasteiger partial charge < -0.3 is 15.0 Å². The minimum atomic E-state index is -4.01. The van der Waals surface area contributed by atoms with Crippen molar-refractivity contribution in [3.8, 4) is 6.07 Å². The van der Waals surface area contributed by atoms with Crippen molar-refractivity contribution in [3.05, 3.63) is 113 Å². The van der Waals surface area contributed by atoms with Gasteiger partial charge in [-0.15, -0.1) is 11.3 Å². The fourth-order valence-corrected chi connectivity index (χ4v) is 6.63. The van der Waals surface area contributed by atoms with Crippen LogP contribution < -0.4 is 9.62 Å². The van der Waals surface area contributed by atoms with Gasteiger partial charge in [0.1, 0.15) is 6.54 Å². The molecule has 41 heavy (non-hydrogen) atoms. The summed E-state index contributed by atoms with van der Waals surface area (Å²) in [6.45, 7) is -0.0919. The summed E-state index contributed by atoms with van der Waals surface area (Å²) in [5, 5.41) is 20.9. The number of benzene rings is 3. The highest BCUT2D eigenvalue weighted by Gasteiger charge is 2.27. The number of hydrogen-bond donors (Lipinski definition) is 2. The number of hydrogen-bond acceptors (Lipinski definition) is 7. The van der Waals surface area contributed by atoms with Crippen LogP contribution in [-0.4, -0.2) is 41.5 Å².